The van der Waals surface area contributed by atoms with Gasteiger partial charge in [0.1, 0.15) is 4.90 Å². The lowest BCUT2D eigenvalue weighted by molar-refractivity contribution is 0.0509. The summed E-state index contributed by atoms with van der Waals surface area (Å²) in [4.78, 5) is 9.80. The maximum Gasteiger partial charge on any atom is 0.250 e. The molecule has 112 valence electrons. The molecule has 4 N–H and O–H groups in total. The molecule has 0 amide bonds. The second kappa shape index (κ2) is 6.59. The Bertz CT molecular complexity index is 620. The SMILES string of the molecule is C[N+](CO)(CO)c1nc(N)ncc1Sc1ccc(Cl)cc1. The first-order valence-corrected chi connectivity index (χ1v) is 7.31. The van der Waals surface area contributed by atoms with Gasteiger partial charge in [-0.25, -0.2) is 9.47 Å². The lowest BCUT2D eigenvalue weighted by Crippen LogP contribution is -2.47. The summed E-state index contributed by atoms with van der Waals surface area (Å²) in [5.74, 6) is 0.559. The van der Waals surface area contributed by atoms with Gasteiger partial charge in [0.25, 0.3) is 0 Å². The minimum atomic E-state index is -0.304. The van der Waals surface area contributed by atoms with Gasteiger partial charge in [0, 0.05) is 9.92 Å². The molecule has 21 heavy (non-hydrogen) atoms. The highest BCUT2D eigenvalue weighted by atomic mass is 35.5. The number of aliphatic hydroxyl groups excluding tert-OH is 2. The number of anilines is 1. The average molecular weight is 328 g/mol. The predicted molar refractivity (Wildman–Crippen MR) is 83.9 cm³/mol. The van der Waals surface area contributed by atoms with Crippen LogP contribution in [0.3, 0.4) is 0 Å². The van der Waals surface area contributed by atoms with E-state index in [4.69, 9.17) is 17.3 Å². The zero-order chi connectivity index (χ0) is 15.5. The Morgan fingerprint density at radius 3 is 2.43 bits per heavy atom. The van der Waals surface area contributed by atoms with Gasteiger partial charge in [0.05, 0.1) is 13.2 Å². The van der Waals surface area contributed by atoms with Crippen LogP contribution in [0.2, 0.25) is 5.02 Å². The molecule has 1 aromatic carbocycles. The van der Waals surface area contributed by atoms with Gasteiger partial charge in [-0.2, -0.15) is 4.98 Å². The van der Waals surface area contributed by atoms with Crippen LogP contribution >= 0.6 is 23.4 Å². The van der Waals surface area contributed by atoms with Crippen LogP contribution in [0.1, 0.15) is 0 Å². The van der Waals surface area contributed by atoms with Crippen molar-refractivity contribution in [1.82, 2.24) is 14.5 Å². The molecule has 0 aliphatic heterocycles. The van der Waals surface area contributed by atoms with Crippen LogP contribution in [0.5, 0.6) is 0 Å². The highest BCUT2D eigenvalue weighted by Gasteiger charge is 2.29. The van der Waals surface area contributed by atoms with Crippen LogP contribution in [0, 0.1) is 0 Å². The molecule has 0 bridgehead atoms. The van der Waals surface area contributed by atoms with Gasteiger partial charge >= 0.3 is 0 Å². The number of nitrogens with zero attached hydrogens (tertiary/aromatic N) is 3. The summed E-state index contributed by atoms with van der Waals surface area (Å²) >= 11 is 7.28. The van der Waals surface area contributed by atoms with Gasteiger partial charge in [-0.1, -0.05) is 23.4 Å². The minimum absolute atomic E-state index is 0.0942. The molecule has 0 fully saturated rings. The number of halogens is 1. The molecule has 0 spiro atoms. The first-order valence-electron chi connectivity index (χ1n) is 6.11. The van der Waals surface area contributed by atoms with Crippen LogP contribution in [-0.2, 0) is 0 Å². The molecule has 0 aliphatic rings. The Hall–Kier alpha value is -1.38. The Morgan fingerprint density at radius 1 is 1.24 bits per heavy atom. The quantitative estimate of drug-likeness (QED) is 0.572. The second-order valence-electron chi connectivity index (χ2n) is 4.65. The molecular formula is C13H16ClN4O2S+. The molecule has 2 rings (SSSR count). The molecule has 0 radical (unpaired) electrons. The number of hydrogen-bond donors (Lipinski definition) is 3. The Labute approximate surface area is 131 Å². The van der Waals surface area contributed by atoms with Gasteiger partial charge < -0.3 is 15.9 Å². The van der Waals surface area contributed by atoms with Crippen LogP contribution in [0.15, 0.2) is 40.3 Å². The molecule has 0 aliphatic carbocycles. The fourth-order valence-corrected chi connectivity index (χ4v) is 2.76. The Morgan fingerprint density at radius 2 is 1.86 bits per heavy atom. The highest BCUT2D eigenvalue weighted by molar-refractivity contribution is 7.99. The Kier molecular flexibility index (Phi) is 5.02. The monoisotopic (exact) mass is 327 g/mol. The summed E-state index contributed by atoms with van der Waals surface area (Å²) in [6, 6.07) is 7.31. The predicted octanol–water partition coefficient (Wildman–Crippen LogP) is 1.70. The number of nitrogens with two attached hydrogens (primary N) is 1. The fraction of sp³-hybridized carbons (Fsp3) is 0.231. The highest BCUT2D eigenvalue weighted by Crippen LogP contribution is 2.36. The number of aliphatic hydroxyl groups is 2. The van der Waals surface area contributed by atoms with E-state index in [1.165, 1.54) is 11.8 Å². The van der Waals surface area contributed by atoms with E-state index in [1.54, 1.807) is 25.4 Å². The van der Waals surface area contributed by atoms with Crippen molar-refractivity contribution in [3.8, 4) is 0 Å². The summed E-state index contributed by atoms with van der Waals surface area (Å²) in [7, 11) is 1.66. The van der Waals surface area contributed by atoms with Gasteiger partial charge in [0.15, 0.2) is 13.5 Å². The normalized spacial score (nSPS) is 11.6. The third-order valence-corrected chi connectivity index (χ3v) is 4.20. The van der Waals surface area contributed by atoms with Crippen molar-refractivity contribution in [1.29, 1.82) is 0 Å². The van der Waals surface area contributed by atoms with Crippen molar-refractivity contribution in [3.05, 3.63) is 35.5 Å². The molecule has 0 saturated heterocycles. The molecule has 0 atom stereocenters. The summed E-state index contributed by atoms with van der Waals surface area (Å²) in [5, 5.41) is 19.7. The largest absolute Gasteiger partial charge is 0.368 e. The van der Waals surface area contributed by atoms with Crippen molar-refractivity contribution in [2.75, 3.05) is 26.2 Å². The molecular weight excluding hydrogens is 312 g/mol. The Balaban J connectivity index is 2.41. The van der Waals surface area contributed by atoms with Crippen molar-refractivity contribution >= 4 is 35.1 Å². The van der Waals surface area contributed by atoms with Crippen LogP contribution in [0.25, 0.3) is 0 Å². The van der Waals surface area contributed by atoms with Gasteiger partial charge in [-0.15, -0.1) is 0 Å². The van der Waals surface area contributed by atoms with E-state index in [1.807, 2.05) is 12.1 Å². The van der Waals surface area contributed by atoms with E-state index in [0.717, 1.165) is 4.90 Å². The number of quaternary nitrogens is 1. The van der Waals surface area contributed by atoms with E-state index in [9.17, 15) is 10.2 Å². The third kappa shape index (κ3) is 3.63. The van der Waals surface area contributed by atoms with Crippen LogP contribution in [-0.4, -0.2) is 40.7 Å². The summed E-state index contributed by atoms with van der Waals surface area (Å²) in [6.07, 6.45) is 1.58. The summed E-state index contributed by atoms with van der Waals surface area (Å²) in [5.41, 5.74) is 5.62. The van der Waals surface area contributed by atoms with Crippen molar-refractivity contribution < 1.29 is 10.2 Å². The minimum Gasteiger partial charge on any atom is -0.368 e. The standard InChI is InChI=1S/C13H16ClN4O2S/c1-18(7-19,8-20)12-11(6-16-13(15)17-12)21-10-4-2-9(14)3-5-10/h2-6,19-20H,7-8H2,1H3,(H2,15,16,17)/q+1. The molecule has 1 heterocycles. The number of rotatable bonds is 5. The zero-order valence-corrected chi connectivity index (χ0v) is 13.0. The molecule has 1 aromatic heterocycles. The van der Waals surface area contributed by atoms with Crippen LogP contribution < -0.4 is 10.2 Å². The van der Waals surface area contributed by atoms with Crippen molar-refractivity contribution in [3.63, 3.8) is 0 Å². The van der Waals surface area contributed by atoms with Gasteiger partial charge in [-0.05, 0) is 24.3 Å². The van der Waals surface area contributed by atoms with Crippen molar-refractivity contribution in [2.45, 2.75) is 9.79 Å². The smallest absolute Gasteiger partial charge is 0.250 e. The number of hydrogen-bond acceptors (Lipinski definition) is 6. The van der Waals surface area contributed by atoms with E-state index >= 15 is 0 Å². The van der Waals surface area contributed by atoms with E-state index in [-0.39, 0.29) is 23.9 Å². The third-order valence-electron chi connectivity index (χ3n) is 2.93. The topological polar surface area (TPSA) is 92.3 Å². The van der Waals surface area contributed by atoms with Gasteiger partial charge in [0.2, 0.25) is 11.8 Å². The van der Waals surface area contributed by atoms with E-state index < -0.39 is 0 Å². The van der Waals surface area contributed by atoms with E-state index in [2.05, 4.69) is 9.97 Å². The summed E-state index contributed by atoms with van der Waals surface area (Å²) < 4.78 is -0.164. The second-order valence-corrected chi connectivity index (χ2v) is 6.20. The maximum absolute atomic E-state index is 9.54. The molecule has 6 nitrogen and oxygen atoms in total. The first kappa shape index (κ1) is 16.0. The molecule has 8 heteroatoms. The average Bonchev–Trinajstić information content (AvgIpc) is 2.50. The van der Waals surface area contributed by atoms with E-state index in [0.29, 0.717) is 15.7 Å². The molecule has 0 saturated carbocycles. The fourth-order valence-electron chi connectivity index (χ4n) is 1.64. The first-order chi connectivity index (χ1) is 9.98. The lowest BCUT2D eigenvalue weighted by atomic mass is 10.4. The number of aromatic nitrogens is 2. The number of nitrogen functional groups attached to an aromatic ring is 1. The van der Waals surface area contributed by atoms with Crippen molar-refractivity contribution in [2.24, 2.45) is 0 Å². The van der Waals surface area contributed by atoms with Gasteiger partial charge in [-0.3, -0.25) is 0 Å². The van der Waals surface area contributed by atoms with Crippen LogP contribution in [0.4, 0.5) is 11.8 Å². The number of benzene rings is 1. The zero-order valence-electron chi connectivity index (χ0n) is 11.4. The summed E-state index contributed by atoms with van der Waals surface area (Å²) in [6.45, 7) is -0.609. The lowest BCUT2D eigenvalue weighted by Gasteiger charge is -2.28. The molecule has 2 aromatic rings. The maximum atomic E-state index is 9.54. The molecule has 0 unspecified atom stereocenters.